The average Bonchev–Trinajstić information content (AvgIpc) is 4.10. The van der Waals surface area contributed by atoms with E-state index in [-0.39, 0.29) is 17.7 Å². The highest BCUT2D eigenvalue weighted by atomic mass is 16.5. The van der Waals surface area contributed by atoms with Gasteiger partial charge in [0.15, 0.2) is 0 Å². The third-order valence-corrected chi connectivity index (χ3v) is 8.74. The summed E-state index contributed by atoms with van der Waals surface area (Å²) in [6, 6.07) is 27.6. The van der Waals surface area contributed by atoms with Crippen molar-refractivity contribution in [3.8, 4) is 103 Å². The fourth-order valence-corrected chi connectivity index (χ4v) is 5.93. The molecule has 0 aliphatic heterocycles. The predicted molar refractivity (Wildman–Crippen MR) is 197 cm³/mol. The maximum atomic E-state index is 5.78. The number of rotatable bonds is 9. The van der Waals surface area contributed by atoms with Gasteiger partial charge in [-0.2, -0.15) is 29.9 Å². The van der Waals surface area contributed by atoms with Crippen molar-refractivity contribution in [2.75, 3.05) is 0 Å². The van der Waals surface area contributed by atoms with Gasteiger partial charge in [-0.25, -0.2) is 0 Å². The number of nitrogens with zero attached hydrogens (tertiary/aromatic N) is 12. The quantitative estimate of drug-likeness (QED) is 0.136. The Kier molecular flexibility index (Phi) is 7.91. The first kappa shape index (κ1) is 33.3. The summed E-state index contributed by atoms with van der Waals surface area (Å²) in [4.78, 5) is 27.0. The lowest BCUT2D eigenvalue weighted by atomic mass is 10.0. The highest BCUT2D eigenvalue weighted by Crippen LogP contribution is 2.34. The lowest BCUT2D eigenvalue weighted by Gasteiger charge is -2.02. The van der Waals surface area contributed by atoms with Crippen LogP contribution in [-0.4, -0.2) is 60.8 Å². The van der Waals surface area contributed by atoms with Crippen molar-refractivity contribution in [3.63, 3.8) is 0 Å². The average molecular weight is 757 g/mol. The second-order valence-electron chi connectivity index (χ2n) is 12.7. The maximum absolute atomic E-state index is 5.78. The molecule has 0 aliphatic carbocycles. The molecule has 276 valence electrons. The number of hydrogen-bond donors (Lipinski definition) is 0. The van der Waals surface area contributed by atoms with Crippen LogP contribution in [0, 0.1) is 20.8 Å². The largest absolute Gasteiger partial charge is 0.339 e. The van der Waals surface area contributed by atoms with E-state index >= 15 is 0 Å². The second kappa shape index (κ2) is 13.5. The van der Waals surface area contributed by atoms with Gasteiger partial charge in [-0.1, -0.05) is 104 Å². The van der Waals surface area contributed by atoms with Crippen LogP contribution in [0.15, 0.2) is 118 Å². The van der Waals surface area contributed by atoms with E-state index in [0.29, 0.717) is 69.3 Å². The van der Waals surface area contributed by atoms with Crippen molar-refractivity contribution in [1.29, 1.82) is 0 Å². The highest BCUT2D eigenvalue weighted by Gasteiger charge is 2.21. The summed E-state index contributed by atoms with van der Waals surface area (Å²) in [6.45, 7) is 5.20. The Balaban J connectivity index is 0.987. The van der Waals surface area contributed by atoms with E-state index in [1.54, 1.807) is 39.0 Å². The molecule has 0 N–H and O–H groups in total. The molecule has 18 heteroatoms. The molecule has 0 amide bonds. The van der Waals surface area contributed by atoms with Crippen LogP contribution in [-0.2, 0) is 0 Å². The maximum Gasteiger partial charge on any atom is 0.258 e. The van der Waals surface area contributed by atoms with E-state index < -0.39 is 0 Å². The van der Waals surface area contributed by atoms with Crippen LogP contribution < -0.4 is 0 Å². The number of aryl methyl sites for hydroxylation is 3. The third kappa shape index (κ3) is 6.52. The molecule has 0 radical (unpaired) electrons. The highest BCUT2D eigenvalue weighted by molar-refractivity contribution is 5.76. The Labute approximate surface area is 319 Å². The van der Waals surface area contributed by atoms with E-state index in [0.717, 1.165) is 33.4 Å². The first-order chi connectivity index (χ1) is 27.9. The monoisotopic (exact) mass is 756 g/mol. The zero-order valence-electron chi connectivity index (χ0n) is 30.0. The fourth-order valence-electron chi connectivity index (χ4n) is 5.93. The van der Waals surface area contributed by atoms with Gasteiger partial charge in [-0.15, -0.1) is 0 Å². The number of hydrogen-bond acceptors (Lipinski definition) is 18. The van der Waals surface area contributed by atoms with Crippen LogP contribution in [0.25, 0.3) is 103 Å². The van der Waals surface area contributed by atoms with Crippen molar-refractivity contribution >= 4 is 0 Å². The van der Waals surface area contributed by atoms with Crippen LogP contribution in [0.3, 0.4) is 0 Å². The van der Waals surface area contributed by atoms with Gasteiger partial charge in [0.05, 0.1) is 0 Å². The number of benzene rings is 4. The molecular formula is C39H24N12O6. The SMILES string of the molecule is Cc1nc(-c2ccc(-c3noc(-c4cc(-c5nc(-c6ccc(-c7noc(C)n7)cc6)no5)cc(-c5nc(-c6ccc(-c7noc(C)n7)cc6)no5)c4)n3)cc2)no1. The first-order valence-electron chi connectivity index (χ1n) is 17.3. The molecule has 10 aromatic rings. The fraction of sp³-hybridized carbons (Fsp3) is 0.0769. The molecule has 6 aromatic heterocycles. The smallest absolute Gasteiger partial charge is 0.258 e. The van der Waals surface area contributed by atoms with E-state index in [9.17, 15) is 0 Å². The van der Waals surface area contributed by atoms with Crippen LogP contribution >= 0.6 is 0 Å². The molecule has 0 unspecified atom stereocenters. The summed E-state index contributed by atoms with van der Waals surface area (Å²) in [7, 11) is 0. The van der Waals surface area contributed by atoms with Crippen LogP contribution in [0.1, 0.15) is 17.7 Å². The Morgan fingerprint density at radius 1 is 0.263 bits per heavy atom. The van der Waals surface area contributed by atoms with Gasteiger partial charge in [0, 0.05) is 70.8 Å². The molecule has 10 rings (SSSR count). The van der Waals surface area contributed by atoms with Crippen LogP contribution in [0.2, 0.25) is 0 Å². The van der Waals surface area contributed by atoms with Crippen molar-refractivity contribution in [1.82, 2.24) is 60.8 Å². The molecular weight excluding hydrogens is 733 g/mol. The van der Waals surface area contributed by atoms with E-state index in [1.165, 1.54) is 0 Å². The molecule has 18 nitrogen and oxygen atoms in total. The summed E-state index contributed by atoms with van der Waals surface area (Å²) in [5, 5.41) is 24.7. The minimum absolute atomic E-state index is 0.227. The Morgan fingerprint density at radius 3 is 0.684 bits per heavy atom. The lowest BCUT2D eigenvalue weighted by Crippen LogP contribution is -1.88. The van der Waals surface area contributed by atoms with Gasteiger partial charge in [0.1, 0.15) is 0 Å². The Morgan fingerprint density at radius 2 is 0.474 bits per heavy atom. The predicted octanol–water partition coefficient (Wildman–Crippen LogP) is 7.91. The van der Waals surface area contributed by atoms with E-state index in [1.807, 2.05) is 72.8 Å². The van der Waals surface area contributed by atoms with E-state index in [4.69, 9.17) is 42.1 Å². The molecule has 0 saturated heterocycles. The topological polar surface area (TPSA) is 234 Å². The molecule has 0 atom stereocenters. The molecule has 0 spiro atoms. The minimum Gasteiger partial charge on any atom is -0.339 e. The van der Waals surface area contributed by atoms with Crippen molar-refractivity contribution < 1.29 is 27.1 Å². The van der Waals surface area contributed by atoms with Crippen molar-refractivity contribution in [2.45, 2.75) is 20.8 Å². The third-order valence-electron chi connectivity index (χ3n) is 8.74. The molecule has 0 bridgehead atoms. The zero-order chi connectivity index (χ0) is 38.5. The Bertz CT molecular complexity index is 2670. The molecule has 57 heavy (non-hydrogen) atoms. The standard InChI is InChI=1S/C39H24N12O6/c1-19-40-31(46-52-19)22-4-10-25(11-5-22)34-43-37(55-49-34)28-16-29(38-44-35(50-56-38)26-12-6-23(7-13-26)32-41-20(2)53-47-32)18-30(17-28)39-45-36(51-57-39)27-14-8-24(9-15-27)33-42-21(3)54-48-33/h4-18H,1-3H3. The summed E-state index contributed by atoms with van der Waals surface area (Å²) in [6.07, 6.45) is 0. The van der Waals surface area contributed by atoms with Crippen LogP contribution in [0.5, 0.6) is 0 Å². The first-order valence-corrected chi connectivity index (χ1v) is 17.3. The summed E-state index contributed by atoms with van der Waals surface area (Å²) in [5.74, 6) is 4.66. The number of aromatic nitrogens is 12. The normalized spacial score (nSPS) is 11.4. The summed E-state index contributed by atoms with van der Waals surface area (Å²) >= 11 is 0. The summed E-state index contributed by atoms with van der Waals surface area (Å²) in [5.41, 5.74) is 6.12. The second-order valence-corrected chi connectivity index (χ2v) is 12.7. The van der Waals surface area contributed by atoms with Gasteiger partial charge in [-0.3, -0.25) is 0 Å². The molecule has 0 saturated carbocycles. The molecule has 4 aromatic carbocycles. The van der Waals surface area contributed by atoms with Crippen molar-refractivity contribution in [2.24, 2.45) is 0 Å². The molecule has 0 fully saturated rings. The summed E-state index contributed by atoms with van der Waals surface area (Å²) < 4.78 is 32.7. The molecule has 0 aliphatic rings. The van der Waals surface area contributed by atoms with E-state index in [2.05, 4.69) is 45.9 Å². The molecule has 6 heterocycles. The van der Waals surface area contributed by atoms with Gasteiger partial charge in [-0.05, 0) is 18.2 Å². The zero-order valence-corrected chi connectivity index (χ0v) is 30.0. The Hall–Kier alpha value is -8.28. The van der Waals surface area contributed by atoms with Gasteiger partial charge >= 0.3 is 0 Å². The minimum atomic E-state index is 0.227. The van der Waals surface area contributed by atoms with Gasteiger partial charge in [0.2, 0.25) is 52.6 Å². The van der Waals surface area contributed by atoms with Gasteiger partial charge < -0.3 is 27.1 Å². The van der Waals surface area contributed by atoms with Gasteiger partial charge in [0.25, 0.3) is 17.7 Å². The lowest BCUT2D eigenvalue weighted by molar-refractivity contribution is 0.394. The van der Waals surface area contributed by atoms with Crippen molar-refractivity contribution in [3.05, 3.63) is 109 Å². The van der Waals surface area contributed by atoms with Crippen LogP contribution in [0.4, 0.5) is 0 Å².